The zero-order valence-electron chi connectivity index (χ0n) is 9.88. The van der Waals surface area contributed by atoms with Gasteiger partial charge in [-0.25, -0.2) is 4.98 Å². The van der Waals surface area contributed by atoms with Gasteiger partial charge in [0.2, 0.25) is 0 Å². The Morgan fingerprint density at radius 2 is 1.71 bits per heavy atom. The van der Waals surface area contributed by atoms with Crippen LogP contribution in [0.1, 0.15) is 33.5 Å². The Labute approximate surface area is 88.5 Å². The summed E-state index contributed by atoms with van der Waals surface area (Å²) in [7, 11) is -1.25. The van der Waals surface area contributed by atoms with Gasteiger partial charge in [-0.15, -0.1) is 0 Å². The molecular formula is C11H22N2Si. The maximum absolute atomic E-state index is 4.44. The van der Waals surface area contributed by atoms with E-state index in [2.05, 4.69) is 43.1 Å². The van der Waals surface area contributed by atoms with Crippen LogP contribution >= 0.6 is 0 Å². The van der Waals surface area contributed by atoms with E-state index in [1.54, 1.807) is 0 Å². The van der Waals surface area contributed by atoms with Gasteiger partial charge in [-0.3, -0.25) is 0 Å². The van der Waals surface area contributed by atoms with Crippen LogP contribution in [0.4, 0.5) is 0 Å². The zero-order valence-corrected chi connectivity index (χ0v) is 10.9. The van der Waals surface area contributed by atoms with Gasteiger partial charge in [0.1, 0.15) is 0 Å². The molecule has 0 fully saturated rings. The number of aryl methyl sites for hydroxylation is 1. The zero-order chi connectivity index (χ0) is 10.6. The molecule has 1 rings (SSSR count). The lowest BCUT2D eigenvalue weighted by Gasteiger charge is -2.31. The van der Waals surface area contributed by atoms with E-state index in [-0.39, 0.29) is 0 Å². The van der Waals surface area contributed by atoms with Crippen molar-refractivity contribution in [2.45, 2.75) is 52.2 Å². The van der Waals surface area contributed by atoms with Gasteiger partial charge in [-0.2, -0.15) is 0 Å². The SMILES string of the molecule is CCc1nccn1[Si](CC)(CC)CC. The molecule has 0 saturated carbocycles. The Kier molecular flexibility index (Phi) is 3.93. The fraction of sp³-hybridized carbons (Fsp3) is 0.727. The lowest BCUT2D eigenvalue weighted by Crippen LogP contribution is -2.41. The second kappa shape index (κ2) is 4.78. The molecule has 14 heavy (non-hydrogen) atoms. The minimum atomic E-state index is -1.25. The van der Waals surface area contributed by atoms with Crippen molar-refractivity contribution in [2.24, 2.45) is 0 Å². The predicted octanol–water partition coefficient (Wildman–Crippen LogP) is 3.30. The smallest absolute Gasteiger partial charge is 0.162 e. The van der Waals surface area contributed by atoms with E-state index in [0.717, 1.165) is 6.42 Å². The first-order valence-electron chi connectivity index (χ1n) is 5.76. The summed E-state index contributed by atoms with van der Waals surface area (Å²) in [6.45, 7) is 9.19. The molecule has 0 N–H and O–H groups in total. The summed E-state index contributed by atoms with van der Waals surface area (Å²) in [5, 5.41) is 0. The molecule has 80 valence electrons. The molecule has 0 aromatic carbocycles. The minimum absolute atomic E-state index is 1.06. The highest BCUT2D eigenvalue weighted by atomic mass is 28.3. The van der Waals surface area contributed by atoms with Crippen LogP contribution in [-0.4, -0.2) is 17.5 Å². The van der Waals surface area contributed by atoms with E-state index in [0.29, 0.717) is 0 Å². The van der Waals surface area contributed by atoms with Crippen molar-refractivity contribution in [3.8, 4) is 0 Å². The molecule has 0 aliphatic heterocycles. The quantitative estimate of drug-likeness (QED) is 0.682. The topological polar surface area (TPSA) is 17.8 Å². The van der Waals surface area contributed by atoms with Crippen LogP contribution in [0.3, 0.4) is 0 Å². The number of nitrogens with zero attached hydrogens (tertiary/aromatic N) is 2. The first-order chi connectivity index (χ1) is 6.74. The summed E-state index contributed by atoms with van der Waals surface area (Å²) in [5.41, 5.74) is 0. The van der Waals surface area contributed by atoms with Gasteiger partial charge in [-0.1, -0.05) is 27.7 Å². The molecule has 0 unspecified atom stereocenters. The molecule has 0 spiro atoms. The van der Waals surface area contributed by atoms with Crippen molar-refractivity contribution in [2.75, 3.05) is 0 Å². The first kappa shape index (κ1) is 11.5. The fourth-order valence-electron chi connectivity index (χ4n) is 2.29. The molecular weight excluding hydrogens is 188 g/mol. The maximum atomic E-state index is 4.44. The van der Waals surface area contributed by atoms with Crippen LogP contribution in [0, 0.1) is 0 Å². The van der Waals surface area contributed by atoms with Crippen LogP contribution in [-0.2, 0) is 6.42 Å². The summed E-state index contributed by atoms with van der Waals surface area (Å²) >= 11 is 0. The maximum Gasteiger partial charge on any atom is 0.162 e. The molecule has 0 amide bonds. The molecule has 0 aliphatic carbocycles. The predicted molar refractivity (Wildman–Crippen MR) is 64.2 cm³/mol. The normalized spacial score (nSPS) is 12.0. The lowest BCUT2D eigenvalue weighted by molar-refractivity contribution is 0.889. The highest BCUT2D eigenvalue weighted by Crippen LogP contribution is 2.23. The van der Waals surface area contributed by atoms with Gasteiger partial charge >= 0.3 is 0 Å². The van der Waals surface area contributed by atoms with Crippen LogP contribution in [0.25, 0.3) is 0 Å². The molecule has 0 saturated heterocycles. The Balaban J connectivity index is 3.09. The fourth-order valence-corrected chi connectivity index (χ4v) is 5.96. The third-order valence-corrected chi connectivity index (χ3v) is 8.90. The standard InChI is InChI=1S/C11H22N2Si/c1-5-11-12-9-10-13(11)14(6-2,7-3)8-4/h9-10H,5-8H2,1-4H3. The van der Waals surface area contributed by atoms with Crippen LogP contribution in [0.5, 0.6) is 0 Å². The average Bonchev–Trinajstić information content (AvgIpc) is 2.70. The lowest BCUT2D eigenvalue weighted by atomic mass is 10.5. The number of rotatable bonds is 5. The molecule has 1 aromatic rings. The Hall–Kier alpha value is -0.573. The van der Waals surface area contributed by atoms with Crippen LogP contribution in [0.2, 0.25) is 18.1 Å². The molecule has 0 atom stereocenters. The van der Waals surface area contributed by atoms with Crippen molar-refractivity contribution in [3.05, 3.63) is 18.2 Å². The third-order valence-electron chi connectivity index (χ3n) is 3.52. The van der Waals surface area contributed by atoms with Gasteiger partial charge in [0.25, 0.3) is 0 Å². The van der Waals surface area contributed by atoms with Crippen LogP contribution < -0.4 is 0 Å². The number of hydrogen-bond acceptors (Lipinski definition) is 1. The van der Waals surface area contributed by atoms with Crippen molar-refractivity contribution >= 4 is 8.24 Å². The Bertz CT molecular complexity index is 268. The van der Waals surface area contributed by atoms with E-state index >= 15 is 0 Å². The van der Waals surface area contributed by atoms with E-state index in [9.17, 15) is 0 Å². The molecule has 3 heteroatoms. The summed E-state index contributed by atoms with van der Waals surface area (Å²) in [4.78, 5) is 4.44. The van der Waals surface area contributed by atoms with Gasteiger partial charge in [0.15, 0.2) is 8.24 Å². The van der Waals surface area contributed by atoms with E-state index in [1.807, 2.05) is 6.20 Å². The number of imidazole rings is 1. The van der Waals surface area contributed by atoms with Crippen molar-refractivity contribution in [1.29, 1.82) is 0 Å². The van der Waals surface area contributed by atoms with Gasteiger partial charge in [0.05, 0.1) is 5.82 Å². The highest BCUT2D eigenvalue weighted by Gasteiger charge is 2.30. The molecule has 1 aromatic heterocycles. The second-order valence-electron chi connectivity index (χ2n) is 3.85. The summed E-state index contributed by atoms with van der Waals surface area (Å²) in [6.07, 6.45) is 5.21. The minimum Gasteiger partial charge on any atom is -0.362 e. The van der Waals surface area contributed by atoms with Crippen LogP contribution in [0.15, 0.2) is 12.4 Å². The van der Waals surface area contributed by atoms with E-state index in [4.69, 9.17) is 0 Å². The monoisotopic (exact) mass is 210 g/mol. The van der Waals surface area contributed by atoms with Gasteiger partial charge in [-0.05, 0) is 18.1 Å². The second-order valence-corrected chi connectivity index (χ2v) is 8.90. The van der Waals surface area contributed by atoms with Crippen molar-refractivity contribution < 1.29 is 0 Å². The van der Waals surface area contributed by atoms with Gasteiger partial charge in [0, 0.05) is 18.8 Å². The van der Waals surface area contributed by atoms with Crippen molar-refractivity contribution in [1.82, 2.24) is 9.22 Å². The highest BCUT2D eigenvalue weighted by molar-refractivity contribution is 6.78. The molecule has 0 radical (unpaired) electrons. The number of hydrogen-bond donors (Lipinski definition) is 0. The first-order valence-corrected chi connectivity index (χ1v) is 8.33. The Morgan fingerprint density at radius 1 is 1.14 bits per heavy atom. The average molecular weight is 210 g/mol. The summed E-state index contributed by atoms with van der Waals surface area (Å²) in [6, 6.07) is 3.97. The van der Waals surface area contributed by atoms with Gasteiger partial charge < -0.3 is 4.23 Å². The molecule has 0 bridgehead atoms. The third kappa shape index (κ3) is 1.78. The molecule has 0 aliphatic rings. The number of aromatic nitrogens is 2. The molecule has 1 heterocycles. The summed E-state index contributed by atoms with van der Waals surface area (Å²) < 4.78 is 2.52. The van der Waals surface area contributed by atoms with E-state index in [1.165, 1.54) is 24.0 Å². The summed E-state index contributed by atoms with van der Waals surface area (Å²) in [5.74, 6) is 1.28. The van der Waals surface area contributed by atoms with Crippen molar-refractivity contribution in [3.63, 3.8) is 0 Å². The Morgan fingerprint density at radius 3 is 2.14 bits per heavy atom. The molecule has 2 nitrogen and oxygen atoms in total. The van der Waals surface area contributed by atoms with E-state index < -0.39 is 8.24 Å². The largest absolute Gasteiger partial charge is 0.362 e.